The Kier molecular flexibility index (Phi) is 11.7. The van der Waals surface area contributed by atoms with Crippen molar-refractivity contribution in [3.05, 3.63) is 216 Å². The molecule has 8 nitrogen and oxygen atoms in total. The molecule has 0 aromatic heterocycles. The number of nitrogens with zero attached hydrogens (tertiary/aromatic N) is 2. The molecule has 7 aromatic carbocycles. The van der Waals surface area contributed by atoms with E-state index in [-0.39, 0.29) is 28.3 Å². The predicted molar refractivity (Wildman–Crippen MR) is 231 cm³/mol. The van der Waals surface area contributed by atoms with Crippen molar-refractivity contribution in [3.63, 3.8) is 0 Å². The zero-order valence-corrected chi connectivity index (χ0v) is 34.5. The lowest BCUT2D eigenvalue weighted by Crippen LogP contribution is -2.53. The van der Waals surface area contributed by atoms with Gasteiger partial charge in [-0.2, -0.15) is 4.31 Å². The van der Waals surface area contributed by atoms with E-state index in [1.54, 1.807) is 30.3 Å². The lowest BCUT2D eigenvalue weighted by atomic mass is 9.84. The average molecular weight is 860 g/mol. The minimum atomic E-state index is -4.59. The SMILES string of the molecule is O=C(NN(Cc1cc(F)ccc1F)S(=O)(=O)c1ccccc1)[C@@H]1C[C@@H](SC(c2ccccc2)(c2ccccc2)c2ccccc2)CN1S(=O)(=O)c1ccc2ccccc2c1. The Morgan fingerprint density at radius 3 is 1.77 bits per heavy atom. The van der Waals surface area contributed by atoms with Crippen molar-refractivity contribution in [1.29, 1.82) is 0 Å². The summed E-state index contributed by atoms with van der Waals surface area (Å²) in [4.78, 5) is 14.5. The molecule has 1 N–H and O–H groups in total. The molecule has 0 radical (unpaired) electrons. The highest BCUT2D eigenvalue weighted by atomic mass is 32.2. The second-order valence-electron chi connectivity index (χ2n) is 14.4. The molecule has 1 fully saturated rings. The summed E-state index contributed by atoms with van der Waals surface area (Å²) in [7, 11) is -9.01. The largest absolute Gasteiger partial charge is 0.273 e. The van der Waals surface area contributed by atoms with Crippen molar-refractivity contribution in [3.8, 4) is 0 Å². The maximum atomic E-state index is 15.1. The number of rotatable bonds is 13. The van der Waals surface area contributed by atoms with E-state index in [1.807, 2.05) is 103 Å². The molecule has 1 saturated heterocycles. The number of benzene rings is 7. The van der Waals surface area contributed by atoms with E-state index >= 15 is 4.39 Å². The highest BCUT2D eigenvalue weighted by Crippen LogP contribution is 2.52. The zero-order valence-electron chi connectivity index (χ0n) is 32.0. The summed E-state index contributed by atoms with van der Waals surface area (Å²) in [6.07, 6.45) is -0.0227. The molecule has 0 spiro atoms. The van der Waals surface area contributed by atoms with Crippen molar-refractivity contribution < 1.29 is 30.4 Å². The summed E-state index contributed by atoms with van der Waals surface area (Å²) >= 11 is 1.52. The molecule has 0 saturated carbocycles. The van der Waals surface area contributed by atoms with Gasteiger partial charge >= 0.3 is 0 Å². The van der Waals surface area contributed by atoms with Gasteiger partial charge in [0.25, 0.3) is 15.9 Å². The van der Waals surface area contributed by atoms with Crippen molar-refractivity contribution in [2.45, 2.75) is 38.8 Å². The van der Waals surface area contributed by atoms with Gasteiger partial charge < -0.3 is 0 Å². The Morgan fingerprint density at radius 1 is 0.650 bits per heavy atom. The number of fused-ring (bicyclic) bond motifs is 1. The third-order valence-electron chi connectivity index (χ3n) is 10.6. The molecule has 1 amide bonds. The van der Waals surface area contributed by atoms with E-state index in [0.29, 0.717) is 9.80 Å². The number of halogens is 2. The maximum Gasteiger partial charge on any atom is 0.260 e. The third kappa shape index (κ3) is 8.11. The van der Waals surface area contributed by atoms with Crippen molar-refractivity contribution in [2.24, 2.45) is 0 Å². The number of carbonyl (C=O) groups excluding carboxylic acids is 1. The van der Waals surface area contributed by atoms with E-state index in [1.165, 1.54) is 42.1 Å². The van der Waals surface area contributed by atoms with Gasteiger partial charge in [-0.15, -0.1) is 16.2 Å². The minimum absolute atomic E-state index is 0.0227. The zero-order chi connectivity index (χ0) is 41.9. The number of nitrogens with one attached hydrogen (secondary N) is 1. The van der Waals surface area contributed by atoms with Crippen molar-refractivity contribution in [2.75, 3.05) is 6.54 Å². The fourth-order valence-corrected chi connectivity index (χ4v) is 12.6. The Labute approximate surface area is 352 Å². The van der Waals surface area contributed by atoms with Crippen LogP contribution in [0.2, 0.25) is 0 Å². The maximum absolute atomic E-state index is 15.1. The fraction of sp³-hybridized carbons (Fsp3) is 0.128. The van der Waals surface area contributed by atoms with Crippen LogP contribution in [-0.4, -0.2) is 49.3 Å². The number of hydrogen-bond acceptors (Lipinski definition) is 6. The molecule has 7 aromatic rings. The van der Waals surface area contributed by atoms with Crippen LogP contribution in [0.5, 0.6) is 0 Å². The average Bonchev–Trinajstić information content (AvgIpc) is 3.72. The first-order valence-corrected chi connectivity index (χ1v) is 22.9. The van der Waals surface area contributed by atoms with Gasteiger partial charge in [0.15, 0.2) is 0 Å². The monoisotopic (exact) mass is 859 g/mol. The van der Waals surface area contributed by atoms with Crippen LogP contribution in [0.1, 0.15) is 28.7 Å². The number of amides is 1. The Hall–Kier alpha value is -5.70. The van der Waals surface area contributed by atoms with E-state index in [0.717, 1.165) is 44.6 Å². The van der Waals surface area contributed by atoms with Gasteiger partial charge in [-0.05, 0) is 76.3 Å². The molecular formula is C47H39F2N3O5S3. The second kappa shape index (κ2) is 17.1. The van der Waals surface area contributed by atoms with Crippen LogP contribution in [0, 0.1) is 11.6 Å². The molecule has 60 heavy (non-hydrogen) atoms. The number of carbonyl (C=O) groups is 1. The molecule has 1 aliphatic rings. The van der Waals surface area contributed by atoms with Gasteiger partial charge in [0.05, 0.1) is 21.1 Å². The minimum Gasteiger partial charge on any atom is -0.273 e. The Balaban J connectivity index is 1.23. The smallest absolute Gasteiger partial charge is 0.260 e. The molecule has 1 heterocycles. The summed E-state index contributed by atoms with van der Waals surface area (Å²) in [6.45, 7) is -0.899. The first-order chi connectivity index (χ1) is 29.0. The number of hydrogen-bond donors (Lipinski definition) is 1. The van der Waals surface area contributed by atoms with Crippen LogP contribution in [0.4, 0.5) is 8.78 Å². The Morgan fingerprint density at radius 2 is 1.18 bits per heavy atom. The van der Waals surface area contributed by atoms with Gasteiger partial charge in [-0.1, -0.05) is 140 Å². The molecule has 0 bridgehead atoms. The van der Waals surface area contributed by atoms with Crippen LogP contribution < -0.4 is 5.43 Å². The van der Waals surface area contributed by atoms with Crippen LogP contribution in [0.3, 0.4) is 0 Å². The van der Waals surface area contributed by atoms with E-state index in [4.69, 9.17) is 0 Å². The normalized spacial score (nSPS) is 16.2. The van der Waals surface area contributed by atoms with Gasteiger partial charge in [-0.3, -0.25) is 10.2 Å². The predicted octanol–water partition coefficient (Wildman–Crippen LogP) is 8.90. The van der Waals surface area contributed by atoms with Gasteiger partial charge in [0, 0.05) is 17.4 Å². The van der Waals surface area contributed by atoms with E-state index in [2.05, 4.69) is 5.43 Å². The molecule has 0 aliphatic carbocycles. The van der Waals surface area contributed by atoms with Crippen LogP contribution >= 0.6 is 11.8 Å². The van der Waals surface area contributed by atoms with Crippen LogP contribution in [0.25, 0.3) is 10.8 Å². The van der Waals surface area contributed by atoms with Crippen LogP contribution in [-0.2, 0) is 36.1 Å². The number of thioether (sulfide) groups is 1. The molecular weight excluding hydrogens is 821 g/mol. The molecule has 304 valence electrons. The van der Waals surface area contributed by atoms with Gasteiger partial charge in [-0.25, -0.2) is 25.6 Å². The molecule has 8 rings (SSSR count). The summed E-state index contributed by atoms with van der Waals surface area (Å²) < 4.78 is 88.5. The van der Waals surface area contributed by atoms with Crippen molar-refractivity contribution in [1.82, 2.24) is 14.1 Å². The summed E-state index contributed by atoms with van der Waals surface area (Å²) in [5.74, 6) is -2.66. The lowest BCUT2D eigenvalue weighted by Gasteiger charge is -2.37. The standard InChI is InChI=1S/C47H39F2N3O5S3/c48-40-26-28-44(49)36(29-40)32-52(60(56,57)42-23-11-4-12-24-42)50-46(53)45-31-41(33-51(45)59(54,55)43-27-25-34-15-13-14-16-35(34)30-43)58-47(37-17-5-1-6-18-37,38-19-7-2-8-20-38)39-21-9-3-10-22-39/h1-30,41,45H,31-33H2,(H,50,53)/t41-,45+/m1/s1. The Bertz CT molecular complexity index is 2760. The van der Waals surface area contributed by atoms with Crippen molar-refractivity contribution >= 4 is 48.5 Å². The van der Waals surface area contributed by atoms with Gasteiger partial charge in [0.2, 0.25) is 10.0 Å². The summed E-state index contributed by atoms with van der Waals surface area (Å²) in [5.41, 5.74) is 4.91. The highest BCUT2D eigenvalue weighted by molar-refractivity contribution is 8.01. The molecule has 0 unspecified atom stereocenters. The molecule has 2 atom stereocenters. The third-order valence-corrected chi connectivity index (χ3v) is 15.9. The molecule has 1 aliphatic heterocycles. The highest BCUT2D eigenvalue weighted by Gasteiger charge is 2.49. The summed E-state index contributed by atoms with van der Waals surface area (Å²) in [5, 5.41) is 0.972. The number of hydrazine groups is 1. The van der Waals surface area contributed by atoms with Crippen LogP contribution in [0.15, 0.2) is 192 Å². The second-order valence-corrected chi connectivity index (χ2v) is 19.7. The first kappa shape index (κ1) is 41.1. The topological polar surface area (TPSA) is 104 Å². The number of sulfonamides is 2. The molecule has 13 heteroatoms. The first-order valence-electron chi connectivity index (χ1n) is 19.1. The fourth-order valence-electron chi connectivity index (χ4n) is 7.71. The van der Waals surface area contributed by atoms with E-state index < -0.39 is 60.2 Å². The summed E-state index contributed by atoms with van der Waals surface area (Å²) in [6, 6.07) is 50.1. The quantitative estimate of drug-likeness (QED) is 0.0919. The van der Waals surface area contributed by atoms with E-state index in [9.17, 15) is 26.0 Å². The lowest BCUT2D eigenvalue weighted by molar-refractivity contribution is -0.127. The van der Waals surface area contributed by atoms with Gasteiger partial charge in [0.1, 0.15) is 17.7 Å².